The summed E-state index contributed by atoms with van der Waals surface area (Å²) in [4.78, 5) is 13.6. The molecule has 4 nitrogen and oxygen atoms in total. The molecule has 2 N–H and O–H groups in total. The van der Waals surface area contributed by atoms with Crippen molar-refractivity contribution in [3.05, 3.63) is 0 Å². The van der Waals surface area contributed by atoms with Crippen molar-refractivity contribution in [1.82, 2.24) is 10.2 Å². The number of nitrogens with one attached hydrogen (secondary N) is 1. The first-order valence-corrected chi connectivity index (χ1v) is 6.34. The Morgan fingerprint density at radius 3 is 2.44 bits per heavy atom. The van der Waals surface area contributed by atoms with E-state index in [4.69, 9.17) is 5.11 Å². The first-order valence-electron chi connectivity index (χ1n) is 6.34. The van der Waals surface area contributed by atoms with Gasteiger partial charge in [-0.3, -0.25) is 4.79 Å². The van der Waals surface area contributed by atoms with E-state index in [1.165, 1.54) is 0 Å². The lowest BCUT2D eigenvalue weighted by Crippen LogP contribution is -2.29. The molecule has 0 heterocycles. The van der Waals surface area contributed by atoms with Gasteiger partial charge in [-0.15, -0.1) is 0 Å². The smallest absolute Gasteiger partial charge is 0.219 e. The first kappa shape index (κ1) is 15.4. The van der Waals surface area contributed by atoms with Crippen molar-refractivity contribution in [2.45, 2.75) is 39.5 Å². The maximum absolute atomic E-state index is 11.3. The summed E-state index contributed by atoms with van der Waals surface area (Å²) in [5.74, 6) is 0.105. The van der Waals surface area contributed by atoms with Gasteiger partial charge >= 0.3 is 0 Å². The maximum atomic E-state index is 11.3. The molecule has 4 heteroatoms. The van der Waals surface area contributed by atoms with Gasteiger partial charge in [-0.25, -0.2) is 0 Å². The van der Waals surface area contributed by atoms with Crippen LogP contribution in [-0.4, -0.2) is 48.7 Å². The Balaban J connectivity index is 3.33. The Hall–Kier alpha value is -0.610. The van der Waals surface area contributed by atoms with Gasteiger partial charge in [0.1, 0.15) is 0 Å². The Morgan fingerprint density at radius 2 is 1.88 bits per heavy atom. The maximum Gasteiger partial charge on any atom is 0.219 e. The predicted octanol–water partition coefficient (Wildman–Crippen LogP) is 0.997. The molecule has 0 saturated heterocycles. The van der Waals surface area contributed by atoms with Crippen LogP contribution in [0.1, 0.15) is 39.5 Å². The van der Waals surface area contributed by atoms with Crippen LogP contribution in [0, 0.1) is 0 Å². The van der Waals surface area contributed by atoms with Crippen molar-refractivity contribution in [3.63, 3.8) is 0 Å². The second-order valence-electron chi connectivity index (χ2n) is 3.91. The summed E-state index contributed by atoms with van der Waals surface area (Å²) in [6, 6.07) is 0. The molecule has 0 aliphatic heterocycles. The van der Waals surface area contributed by atoms with Crippen molar-refractivity contribution < 1.29 is 9.90 Å². The van der Waals surface area contributed by atoms with E-state index in [-0.39, 0.29) is 12.5 Å². The molecule has 0 saturated carbocycles. The van der Waals surface area contributed by atoms with Crippen molar-refractivity contribution in [1.29, 1.82) is 0 Å². The standard InChI is InChI=1S/C12H26N2O2/c1-3-14(4-2)10-7-9-13-12(16)8-5-6-11-15/h15H,3-11H2,1-2H3,(H,13,16). The summed E-state index contributed by atoms with van der Waals surface area (Å²) in [5.41, 5.74) is 0. The molecule has 0 rings (SSSR count). The molecule has 0 bridgehead atoms. The minimum absolute atomic E-state index is 0.105. The number of carbonyl (C=O) groups excluding carboxylic acids is 1. The largest absolute Gasteiger partial charge is 0.396 e. The van der Waals surface area contributed by atoms with Crippen LogP contribution in [-0.2, 0) is 4.79 Å². The Morgan fingerprint density at radius 1 is 1.19 bits per heavy atom. The Kier molecular flexibility index (Phi) is 10.5. The third-order valence-corrected chi connectivity index (χ3v) is 2.68. The summed E-state index contributed by atoms with van der Waals surface area (Å²) >= 11 is 0. The molecule has 0 spiro atoms. The van der Waals surface area contributed by atoms with Gasteiger partial charge in [0.15, 0.2) is 0 Å². The van der Waals surface area contributed by atoms with Crippen LogP contribution in [0.25, 0.3) is 0 Å². The molecule has 0 atom stereocenters. The molecular formula is C12H26N2O2. The quantitative estimate of drug-likeness (QED) is 0.550. The van der Waals surface area contributed by atoms with Crippen molar-refractivity contribution in [3.8, 4) is 0 Å². The van der Waals surface area contributed by atoms with Crippen LogP contribution < -0.4 is 5.32 Å². The minimum Gasteiger partial charge on any atom is -0.396 e. The van der Waals surface area contributed by atoms with Crippen LogP contribution in [0.3, 0.4) is 0 Å². The molecule has 0 fully saturated rings. The summed E-state index contributed by atoms with van der Waals surface area (Å²) in [5, 5.41) is 11.5. The second-order valence-corrected chi connectivity index (χ2v) is 3.91. The normalized spacial score (nSPS) is 10.8. The molecule has 0 unspecified atom stereocenters. The van der Waals surface area contributed by atoms with Crippen LogP contribution in [0.2, 0.25) is 0 Å². The fourth-order valence-corrected chi connectivity index (χ4v) is 1.56. The number of aliphatic hydroxyl groups is 1. The number of aliphatic hydroxyl groups excluding tert-OH is 1. The highest BCUT2D eigenvalue weighted by Crippen LogP contribution is 1.94. The van der Waals surface area contributed by atoms with E-state index in [0.29, 0.717) is 12.8 Å². The van der Waals surface area contributed by atoms with E-state index < -0.39 is 0 Å². The molecule has 0 aromatic heterocycles. The van der Waals surface area contributed by atoms with Gasteiger partial charge in [0.25, 0.3) is 0 Å². The monoisotopic (exact) mass is 230 g/mol. The number of amides is 1. The average molecular weight is 230 g/mol. The number of rotatable bonds is 10. The summed E-state index contributed by atoms with van der Waals surface area (Å²) in [7, 11) is 0. The Bertz CT molecular complexity index is 170. The van der Waals surface area contributed by atoms with Gasteiger partial charge in [-0.1, -0.05) is 13.8 Å². The van der Waals surface area contributed by atoms with Gasteiger partial charge in [-0.05, 0) is 38.9 Å². The van der Waals surface area contributed by atoms with Gasteiger partial charge < -0.3 is 15.3 Å². The zero-order chi connectivity index (χ0) is 12.2. The van der Waals surface area contributed by atoms with E-state index in [1.807, 2.05) is 0 Å². The van der Waals surface area contributed by atoms with Gasteiger partial charge in [0, 0.05) is 19.6 Å². The Labute approximate surface area is 99.0 Å². The molecule has 0 radical (unpaired) electrons. The average Bonchev–Trinajstić information content (AvgIpc) is 2.30. The first-order chi connectivity index (χ1) is 7.74. The highest BCUT2D eigenvalue weighted by Gasteiger charge is 2.01. The summed E-state index contributed by atoms with van der Waals surface area (Å²) in [6.07, 6.45) is 3.03. The van der Waals surface area contributed by atoms with Crippen molar-refractivity contribution in [2.75, 3.05) is 32.8 Å². The second kappa shape index (κ2) is 10.9. The molecule has 96 valence electrons. The predicted molar refractivity (Wildman–Crippen MR) is 66.4 cm³/mol. The molecule has 0 aromatic carbocycles. The molecule has 1 amide bonds. The third kappa shape index (κ3) is 8.68. The highest BCUT2D eigenvalue weighted by molar-refractivity contribution is 5.75. The summed E-state index contributed by atoms with van der Waals surface area (Å²) in [6.45, 7) is 8.42. The van der Waals surface area contributed by atoms with Crippen molar-refractivity contribution >= 4 is 5.91 Å². The molecule has 0 aromatic rings. The lowest BCUT2D eigenvalue weighted by molar-refractivity contribution is -0.121. The summed E-state index contributed by atoms with van der Waals surface area (Å²) < 4.78 is 0. The van der Waals surface area contributed by atoms with Crippen LogP contribution in [0.4, 0.5) is 0 Å². The zero-order valence-electron chi connectivity index (χ0n) is 10.7. The highest BCUT2D eigenvalue weighted by atomic mass is 16.2. The number of carbonyl (C=O) groups is 1. The molecule has 16 heavy (non-hydrogen) atoms. The number of nitrogens with zero attached hydrogens (tertiary/aromatic N) is 1. The fourth-order valence-electron chi connectivity index (χ4n) is 1.56. The van der Waals surface area contributed by atoms with E-state index in [1.54, 1.807) is 0 Å². The lowest BCUT2D eigenvalue weighted by atomic mass is 10.2. The third-order valence-electron chi connectivity index (χ3n) is 2.68. The van der Waals surface area contributed by atoms with Gasteiger partial charge in [0.2, 0.25) is 5.91 Å². The van der Waals surface area contributed by atoms with Crippen molar-refractivity contribution in [2.24, 2.45) is 0 Å². The lowest BCUT2D eigenvalue weighted by Gasteiger charge is -2.17. The van der Waals surface area contributed by atoms with E-state index >= 15 is 0 Å². The van der Waals surface area contributed by atoms with Crippen LogP contribution in [0.15, 0.2) is 0 Å². The van der Waals surface area contributed by atoms with Crippen LogP contribution in [0.5, 0.6) is 0 Å². The zero-order valence-corrected chi connectivity index (χ0v) is 10.7. The molecular weight excluding hydrogens is 204 g/mol. The van der Waals surface area contributed by atoms with Gasteiger partial charge in [0.05, 0.1) is 0 Å². The number of hydrogen-bond donors (Lipinski definition) is 2. The number of unbranched alkanes of at least 4 members (excludes halogenated alkanes) is 1. The van der Waals surface area contributed by atoms with E-state index in [9.17, 15) is 4.79 Å². The molecule has 0 aliphatic rings. The van der Waals surface area contributed by atoms with E-state index in [0.717, 1.165) is 39.0 Å². The van der Waals surface area contributed by atoms with E-state index in [2.05, 4.69) is 24.1 Å². The number of hydrogen-bond acceptors (Lipinski definition) is 3. The molecule has 0 aliphatic carbocycles. The fraction of sp³-hybridized carbons (Fsp3) is 0.917. The SMILES string of the molecule is CCN(CC)CCCNC(=O)CCCCO. The minimum atomic E-state index is 0.105. The van der Waals surface area contributed by atoms with Crippen LogP contribution >= 0.6 is 0 Å². The van der Waals surface area contributed by atoms with Gasteiger partial charge in [-0.2, -0.15) is 0 Å². The topological polar surface area (TPSA) is 52.6 Å².